The maximum Gasteiger partial charge on any atom is 0.315 e. The van der Waals surface area contributed by atoms with Gasteiger partial charge in [-0.3, -0.25) is 9.48 Å². The van der Waals surface area contributed by atoms with Crippen LogP contribution in [0.15, 0.2) is 24.3 Å². The third-order valence-corrected chi connectivity index (χ3v) is 5.00. The first-order valence-corrected chi connectivity index (χ1v) is 9.83. The van der Waals surface area contributed by atoms with E-state index >= 15 is 0 Å². The van der Waals surface area contributed by atoms with Gasteiger partial charge in [-0.1, -0.05) is 12.1 Å². The minimum atomic E-state index is -0.314. The van der Waals surface area contributed by atoms with Crippen LogP contribution < -0.4 is 16.0 Å². The second kappa shape index (κ2) is 8.60. The van der Waals surface area contributed by atoms with Gasteiger partial charge in [0.25, 0.3) is 5.91 Å². The first-order valence-electron chi connectivity index (χ1n) is 9.83. The lowest BCUT2D eigenvalue weighted by Gasteiger charge is -2.15. The standard InChI is InChI=1S/C20H24FN5O3/c21-14-3-1-13(2-4-14)11-23-20(28)22-8-9-26-17-7-10-29-12-16(17)18(25-26)19(27)24-15-5-6-15/h1-4,15H,5-12H2,(H,24,27)(H2,22,23,28). The van der Waals surface area contributed by atoms with Gasteiger partial charge in [0.1, 0.15) is 5.82 Å². The average Bonchev–Trinajstić information content (AvgIpc) is 3.46. The molecule has 1 saturated carbocycles. The monoisotopic (exact) mass is 401 g/mol. The Labute approximate surface area is 167 Å². The van der Waals surface area contributed by atoms with E-state index in [9.17, 15) is 14.0 Å². The van der Waals surface area contributed by atoms with Gasteiger partial charge in [-0.25, -0.2) is 9.18 Å². The smallest absolute Gasteiger partial charge is 0.315 e. The van der Waals surface area contributed by atoms with Crippen LogP contribution in [0, 0.1) is 5.82 Å². The molecule has 3 amide bonds. The minimum Gasteiger partial charge on any atom is -0.376 e. The van der Waals surface area contributed by atoms with Crippen LogP contribution >= 0.6 is 0 Å². The number of carbonyl (C=O) groups excluding carboxylic acids is 2. The predicted molar refractivity (Wildman–Crippen MR) is 103 cm³/mol. The van der Waals surface area contributed by atoms with E-state index in [0.29, 0.717) is 45.0 Å². The minimum absolute atomic E-state index is 0.155. The van der Waals surface area contributed by atoms with Gasteiger partial charge in [0.15, 0.2) is 5.69 Å². The molecule has 1 aromatic heterocycles. The number of urea groups is 1. The molecule has 2 heterocycles. The second-order valence-electron chi connectivity index (χ2n) is 7.28. The highest BCUT2D eigenvalue weighted by atomic mass is 19.1. The summed E-state index contributed by atoms with van der Waals surface area (Å²) in [5, 5.41) is 13.0. The van der Waals surface area contributed by atoms with Crippen LogP contribution in [0.3, 0.4) is 0 Å². The van der Waals surface area contributed by atoms with Gasteiger partial charge in [-0.2, -0.15) is 5.10 Å². The number of carbonyl (C=O) groups is 2. The molecule has 154 valence electrons. The van der Waals surface area contributed by atoms with Crippen molar-refractivity contribution in [2.24, 2.45) is 0 Å². The molecule has 0 spiro atoms. The number of hydrogen-bond donors (Lipinski definition) is 3. The zero-order chi connectivity index (χ0) is 20.2. The number of ether oxygens (including phenoxy) is 1. The molecule has 3 N–H and O–H groups in total. The molecule has 0 saturated heterocycles. The van der Waals surface area contributed by atoms with E-state index in [0.717, 1.165) is 29.7 Å². The van der Waals surface area contributed by atoms with Gasteiger partial charge < -0.3 is 20.7 Å². The van der Waals surface area contributed by atoms with Crippen molar-refractivity contribution in [1.82, 2.24) is 25.7 Å². The molecular formula is C20H24FN5O3. The average molecular weight is 401 g/mol. The van der Waals surface area contributed by atoms with Crippen molar-refractivity contribution < 1.29 is 18.7 Å². The summed E-state index contributed by atoms with van der Waals surface area (Å²) in [5.74, 6) is -0.464. The van der Waals surface area contributed by atoms with Gasteiger partial charge in [-0.05, 0) is 30.5 Å². The number of aromatic nitrogens is 2. The molecular weight excluding hydrogens is 377 g/mol. The molecule has 0 atom stereocenters. The van der Waals surface area contributed by atoms with Gasteiger partial charge in [0.2, 0.25) is 0 Å². The third-order valence-electron chi connectivity index (χ3n) is 5.00. The summed E-state index contributed by atoms with van der Waals surface area (Å²) < 4.78 is 20.2. The highest BCUT2D eigenvalue weighted by Crippen LogP contribution is 2.23. The fourth-order valence-electron chi connectivity index (χ4n) is 3.28. The molecule has 0 unspecified atom stereocenters. The molecule has 0 bridgehead atoms. The maximum absolute atomic E-state index is 12.9. The van der Waals surface area contributed by atoms with Crippen molar-refractivity contribution in [2.45, 2.75) is 45.0 Å². The molecule has 2 aliphatic rings. The molecule has 29 heavy (non-hydrogen) atoms. The number of rotatable bonds is 7. The Morgan fingerprint density at radius 3 is 2.76 bits per heavy atom. The summed E-state index contributed by atoms with van der Waals surface area (Å²) >= 11 is 0. The molecule has 1 aliphatic carbocycles. The lowest BCUT2D eigenvalue weighted by molar-refractivity contribution is 0.0922. The van der Waals surface area contributed by atoms with E-state index in [4.69, 9.17) is 4.74 Å². The topological polar surface area (TPSA) is 97.3 Å². The summed E-state index contributed by atoms with van der Waals surface area (Å²) in [6, 6.07) is 5.92. The fraction of sp³-hybridized carbons (Fsp3) is 0.450. The van der Waals surface area contributed by atoms with Crippen molar-refractivity contribution in [3.63, 3.8) is 0 Å². The number of nitrogens with zero attached hydrogens (tertiary/aromatic N) is 2. The van der Waals surface area contributed by atoms with Crippen molar-refractivity contribution in [2.75, 3.05) is 13.2 Å². The zero-order valence-electron chi connectivity index (χ0n) is 16.0. The highest BCUT2D eigenvalue weighted by Gasteiger charge is 2.29. The van der Waals surface area contributed by atoms with Gasteiger partial charge in [0, 0.05) is 36.8 Å². The van der Waals surface area contributed by atoms with Crippen LogP contribution in [0.2, 0.25) is 0 Å². The van der Waals surface area contributed by atoms with Gasteiger partial charge in [-0.15, -0.1) is 0 Å². The Morgan fingerprint density at radius 1 is 1.21 bits per heavy atom. The van der Waals surface area contributed by atoms with Crippen LogP contribution in [-0.4, -0.2) is 40.9 Å². The summed E-state index contributed by atoms with van der Waals surface area (Å²) in [4.78, 5) is 24.5. The zero-order valence-corrected chi connectivity index (χ0v) is 16.0. The number of fused-ring (bicyclic) bond motifs is 1. The molecule has 1 fully saturated rings. The molecule has 1 aromatic carbocycles. The quantitative estimate of drug-likeness (QED) is 0.655. The van der Waals surface area contributed by atoms with Gasteiger partial charge in [0.05, 0.1) is 19.8 Å². The van der Waals surface area contributed by atoms with Crippen LogP contribution in [0.5, 0.6) is 0 Å². The van der Waals surface area contributed by atoms with Crippen molar-refractivity contribution in [3.05, 3.63) is 52.6 Å². The first kappa shape index (κ1) is 19.4. The molecule has 2 aromatic rings. The van der Waals surface area contributed by atoms with E-state index in [-0.39, 0.29) is 23.8 Å². The Balaban J connectivity index is 1.30. The number of halogens is 1. The molecule has 0 radical (unpaired) electrons. The van der Waals surface area contributed by atoms with Crippen LogP contribution in [0.4, 0.5) is 9.18 Å². The summed E-state index contributed by atoms with van der Waals surface area (Å²) in [7, 11) is 0. The lowest BCUT2D eigenvalue weighted by atomic mass is 10.1. The summed E-state index contributed by atoms with van der Waals surface area (Å²) in [6.07, 6.45) is 2.72. The van der Waals surface area contributed by atoms with E-state index in [1.807, 2.05) is 0 Å². The Bertz CT molecular complexity index is 892. The lowest BCUT2D eigenvalue weighted by Crippen LogP contribution is -2.37. The number of amides is 3. The van der Waals surface area contributed by atoms with Crippen LogP contribution in [0.1, 0.15) is 40.2 Å². The molecule has 9 heteroatoms. The Morgan fingerprint density at radius 2 is 2.00 bits per heavy atom. The maximum atomic E-state index is 12.9. The normalized spacial score (nSPS) is 15.5. The third kappa shape index (κ3) is 4.92. The van der Waals surface area contributed by atoms with Gasteiger partial charge >= 0.3 is 6.03 Å². The fourth-order valence-corrected chi connectivity index (χ4v) is 3.28. The molecule has 1 aliphatic heterocycles. The number of hydrogen-bond acceptors (Lipinski definition) is 4. The van der Waals surface area contributed by atoms with Crippen molar-refractivity contribution >= 4 is 11.9 Å². The highest BCUT2D eigenvalue weighted by molar-refractivity contribution is 5.94. The van der Waals surface area contributed by atoms with Crippen molar-refractivity contribution in [3.8, 4) is 0 Å². The van der Waals surface area contributed by atoms with E-state index in [1.165, 1.54) is 12.1 Å². The van der Waals surface area contributed by atoms with E-state index in [1.54, 1.807) is 16.8 Å². The van der Waals surface area contributed by atoms with E-state index in [2.05, 4.69) is 21.0 Å². The molecule has 4 rings (SSSR count). The first-order chi connectivity index (χ1) is 14.1. The van der Waals surface area contributed by atoms with Crippen molar-refractivity contribution in [1.29, 1.82) is 0 Å². The Kier molecular flexibility index (Phi) is 5.75. The van der Waals surface area contributed by atoms with E-state index < -0.39 is 0 Å². The SMILES string of the molecule is O=C(NCCn1nc(C(=O)NC2CC2)c2c1CCOC2)NCc1ccc(F)cc1. The van der Waals surface area contributed by atoms with Crippen LogP contribution in [-0.2, 0) is 30.9 Å². The Hall–Kier alpha value is -2.94. The van der Waals surface area contributed by atoms with Crippen LogP contribution in [0.25, 0.3) is 0 Å². The number of benzene rings is 1. The largest absolute Gasteiger partial charge is 0.376 e. The second-order valence-corrected chi connectivity index (χ2v) is 7.28. The molecule has 8 nitrogen and oxygen atoms in total. The summed E-state index contributed by atoms with van der Waals surface area (Å²) in [5.41, 5.74) is 3.07. The number of nitrogens with one attached hydrogen (secondary N) is 3. The summed E-state index contributed by atoms with van der Waals surface area (Å²) in [6.45, 7) is 2.12. The predicted octanol–water partition coefficient (Wildman–Crippen LogP) is 1.49.